The van der Waals surface area contributed by atoms with E-state index < -0.39 is 29.9 Å². The highest BCUT2D eigenvalue weighted by atomic mass is 16.8. The topological polar surface area (TPSA) is 74.2 Å². The minimum absolute atomic E-state index is 0.0353. The fourth-order valence-corrected chi connectivity index (χ4v) is 2.51. The molecule has 5 atom stereocenters. The summed E-state index contributed by atoms with van der Waals surface area (Å²) in [5.41, 5.74) is 0. The van der Waals surface area contributed by atoms with Gasteiger partial charge >= 0.3 is 0 Å². The van der Waals surface area contributed by atoms with E-state index in [1.165, 1.54) is 14.2 Å². The molecule has 1 saturated carbocycles. The zero-order valence-electron chi connectivity index (χ0n) is 11.1. The molecule has 1 saturated heterocycles. The Labute approximate surface area is 106 Å². The highest BCUT2D eigenvalue weighted by molar-refractivity contribution is 5.80. The first-order chi connectivity index (χ1) is 8.35. The predicted molar refractivity (Wildman–Crippen MR) is 60.8 cm³/mol. The molecule has 1 N–H and O–H groups in total. The second kappa shape index (κ2) is 4.54. The highest BCUT2D eigenvalue weighted by Gasteiger charge is 2.59. The summed E-state index contributed by atoms with van der Waals surface area (Å²) < 4.78 is 22.3. The van der Waals surface area contributed by atoms with E-state index in [1.54, 1.807) is 13.8 Å². The zero-order chi connectivity index (χ0) is 13.6. The first kappa shape index (κ1) is 13.9. The van der Waals surface area contributed by atoms with E-state index in [-0.39, 0.29) is 18.6 Å². The standard InChI is InChI=1S/C12H20O6/c1-11(15-3)12(2,16-4)18-10-8(14)5-7(13)6-9(10)17-11/h8-10,14H,5-6H2,1-4H3/t8-,9+,10+,11-,12-/m0/s1. The largest absolute Gasteiger partial charge is 0.390 e. The monoisotopic (exact) mass is 260 g/mol. The summed E-state index contributed by atoms with van der Waals surface area (Å²) in [6, 6.07) is 0. The van der Waals surface area contributed by atoms with Crippen LogP contribution in [0.3, 0.4) is 0 Å². The number of fused-ring (bicyclic) bond motifs is 1. The summed E-state index contributed by atoms with van der Waals surface area (Å²) in [7, 11) is 2.98. The number of carbonyl (C=O) groups is 1. The Morgan fingerprint density at radius 1 is 1.17 bits per heavy atom. The van der Waals surface area contributed by atoms with Crippen molar-refractivity contribution in [1.29, 1.82) is 0 Å². The number of Topliss-reactive ketones (excluding diaryl/α,β-unsaturated/α-hetero) is 1. The first-order valence-corrected chi connectivity index (χ1v) is 6.01. The quantitative estimate of drug-likeness (QED) is 0.765. The summed E-state index contributed by atoms with van der Waals surface area (Å²) in [6.07, 6.45) is -1.63. The fourth-order valence-electron chi connectivity index (χ4n) is 2.51. The lowest BCUT2D eigenvalue weighted by Crippen LogP contribution is -2.68. The molecule has 104 valence electrons. The summed E-state index contributed by atoms with van der Waals surface area (Å²) >= 11 is 0. The third-order valence-electron chi connectivity index (χ3n) is 3.95. The van der Waals surface area contributed by atoms with Gasteiger partial charge in [-0.15, -0.1) is 0 Å². The Hall–Kier alpha value is -0.530. The van der Waals surface area contributed by atoms with E-state index in [0.717, 1.165) is 0 Å². The van der Waals surface area contributed by atoms with Crippen LogP contribution in [0, 0.1) is 0 Å². The molecule has 6 heteroatoms. The van der Waals surface area contributed by atoms with Gasteiger partial charge in [0.15, 0.2) is 0 Å². The summed E-state index contributed by atoms with van der Waals surface area (Å²) in [5.74, 6) is -2.29. The zero-order valence-corrected chi connectivity index (χ0v) is 11.1. The van der Waals surface area contributed by atoms with Gasteiger partial charge in [-0.05, 0) is 13.8 Å². The smallest absolute Gasteiger partial charge is 0.220 e. The van der Waals surface area contributed by atoms with Crippen LogP contribution in [-0.2, 0) is 23.7 Å². The van der Waals surface area contributed by atoms with Crippen molar-refractivity contribution in [2.45, 2.75) is 56.6 Å². The van der Waals surface area contributed by atoms with Crippen molar-refractivity contribution < 1.29 is 28.8 Å². The Bertz CT molecular complexity index is 345. The van der Waals surface area contributed by atoms with Crippen LogP contribution in [0.25, 0.3) is 0 Å². The maximum atomic E-state index is 11.5. The predicted octanol–water partition coefficient (Wildman–Crippen LogP) is 0.219. The molecule has 18 heavy (non-hydrogen) atoms. The van der Waals surface area contributed by atoms with Gasteiger partial charge in [0.05, 0.1) is 12.2 Å². The van der Waals surface area contributed by atoms with Crippen LogP contribution in [0.2, 0.25) is 0 Å². The van der Waals surface area contributed by atoms with Crippen molar-refractivity contribution in [3.8, 4) is 0 Å². The van der Waals surface area contributed by atoms with Crippen molar-refractivity contribution in [3.63, 3.8) is 0 Å². The van der Waals surface area contributed by atoms with Crippen molar-refractivity contribution in [2.24, 2.45) is 0 Å². The normalized spacial score (nSPS) is 48.9. The number of ketones is 1. The van der Waals surface area contributed by atoms with E-state index in [1.807, 2.05) is 0 Å². The lowest BCUT2D eigenvalue weighted by molar-refractivity contribution is -0.454. The number of carbonyl (C=O) groups excluding carboxylic acids is 1. The van der Waals surface area contributed by atoms with Gasteiger partial charge in [-0.3, -0.25) is 4.79 Å². The maximum absolute atomic E-state index is 11.5. The molecule has 0 bridgehead atoms. The molecule has 1 aliphatic carbocycles. The van der Waals surface area contributed by atoms with E-state index in [0.29, 0.717) is 0 Å². The van der Waals surface area contributed by atoms with Crippen LogP contribution in [0.5, 0.6) is 0 Å². The molecule has 2 rings (SSSR count). The second-order valence-corrected chi connectivity index (χ2v) is 5.05. The van der Waals surface area contributed by atoms with Gasteiger partial charge in [0.1, 0.15) is 11.9 Å². The number of aliphatic hydroxyl groups is 1. The minimum atomic E-state index is -1.13. The molecule has 0 spiro atoms. The number of hydrogen-bond acceptors (Lipinski definition) is 6. The minimum Gasteiger partial charge on any atom is -0.390 e. The van der Waals surface area contributed by atoms with Gasteiger partial charge in [-0.2, -0.15) is 0 Å². The highest BCUT2D eigenvalue weighted by Crippen LogP contribution is 2.42. The van der Waals surface area contributed by atoms with Crippen molar-refractivity contribution in [3.05, 3.63) is 0 Å². The fraction of sp³-hybridized carbons (Fsp3) is 0.917. The van der Waals surface area contributed by atoms with Gasteiger partial charge in [0, 0.05) is 27.1 Å². The Balaban J connectivity index is 2.27. The molecular weight excluding hydrogens is 240 g/mol. The van der Waals surface area contributed by atoms with Crippen molar-refractivity contribution in [1.82, 2.24) is 0 Å². The SMILES string of the molecule is CO[C@@]1(C)O[C@@H]2[C@@H](O)CC(=O)C[C@H]2O[C@]1(C)OC. The number of rotatable bonds is 2. The molecule has 1 heterocycles. The molecule has 2 aliphatic rings. The van der Waals surface area contributed by atoms with E-state index in [9.17, 15) is 9.90 Å². The molecule has 0 unspecified atom stereocenters. The van der Waals surface area contributed by atoms with Crippen LogP contribution < -0.4 is 0 Å². The van der Waals surface area contributed by atoms with Crippen LogP contribution >= 0.6 is 0 Å². The van der Waals surface area contributed by atoms with Crippen LogP contribution in [0.15, 0.2) is 0 Å². The summed E-state index contributed by atoms with van der Waals surface area (Å²) in [4.78, 5) is 11.5. The first-order valence-electron chi connectivity index (χ1n) is 6.01. The molecular formula is C12H20O6. The summed E-state index contributed by atoms with van der Waals surface area (Å²) in [5, 5.41) is 9.92. The van der Waals surface area contributed by atoms with Crippen LogP contribution in [-0.4, -0.2) is 55.0 Å². The molecule has 6 nitrogen and oxygen atoms in total. The lowest BCUT2D eigenvalue weighted by atomic mass is 9.88. The average molecular weight is 260 g/mol. The van der Waals surface area contributed by atoms with Gasteiger partial charge in [-0.25, -0.2) is 0 Å². The molecule has 0 radical (unpaired) electrons. The summed E-state index contributed by atoms with van der Waals surface area (Å²) in [6.45, 7) is 3.38. The lowest BCUT2D eigenvalue weighted by Gasteiger charge is -2.53. The Morgan fingerprint density at radius 3 is 2.28 bits per heavy atom. The van der Waals surface area contributed by atoms with Gasteiger partial charge < -0.3 is 24.1 Å². The van der Waals surface area contributed by atoms with E-state index in [4.69, 9.17) is 18.9 Å². The van der Waals surface area contributed by atoms with Crippen LogP contribution in [0.1, 0.15) is 26.7 Å². The van der Waals surface area contributed by atoms with Gasteiger partial charge in [0.2, 0.25) is 11.6 Å². The van der Waals surface area contributed by atoms with Gasteiger partial charge in [0.25, 0.3) is 0 Å². The molecule has 0 aromatic rings. The van der Waals surface area contributed by atoms with Gasteiger partial charge in [-0.1, -0.05) is 0 Å². The third-order valence-corrected chi connectivity index (χ3v) is 3.95. The van der Waals surface area contributed by atoms with Crippen molar-refractivity contribution in [2.75, 3.05) is 14.2 Å². The molecule has 0 aromatic heterocycles. The second-order valence-electron chi connectivity index (χ2n) is 5.05. The Morgan fingerprint density at radius 2 is 1.72 bits per heavy atom. The molecule has 0 aromatic carbocycles. The molecule has 2 fully saturated rings. The Kier molecular flexibility index (Phi) is 3.50. The number of hydrogen-bond donors (Lipinski definition) is 1. The van der Waals surface area contributed by atoms with Crippen molar-refractivity contribution >= 4 is 5.78 Å². The number of methoxy groups -OCH3 is 2. The molecule has 1 aliphatic heterocycles. The number of ether oxygens (including phenoxy) is 4. The third kappa shape index (κ3) is 1.98. The maximum Gasteiger partial charge on any atom is 0.220 e. The molecule has 0 amide bonds. The number of aliphatic hydroxyl groups excluding tert-OH is 1. The average Bonchev–Trinajstić information content (AvgIpc) is 2.32. The van der Waals surface area contributed by atoms with E-state index in [2.05, 4.69) is 0 Å². The van der Waals surface area contributed by atoms with E-state index >= 15 is 0 Å². The van der Waals surface area contributed by atoms with Crippen LogP contribution in [0.4, 0.5) is 0 Å².